The zero-order valence-corrected chi connectivity index (χ0v) is 17.1. The van der Waals surface area contributed by atoms with E-state index in [-0.39, 0.29) is 17.9 Å². The number of amides is 2. The molecule has 2 aromatic rings. The summed E-state index contributed by atoms with van der Waals surface area (Å²) in [6.07, 6.45) is 4.08. The van der Waals surface area contributed by atoms with Crippen LogP contribution in [0.3, 0.4) is 0 Å². The Kier molecular flexibility index (Phi) is 5.87. The molecule has 2 fully saturated rings. The summed E-state index contributed by atoms with van der Waals surface area (Å²) in [5.74, 6) is 0.697. The summed E-state index contributed by atoms with van der Waals surface area (Å²) < 4.78 is 13.1. The molecule has 2 amide bonds. The first-order valence-corrected chi connectivity index (χ1v) is 10.3. The van der Waals surface area contributed by atoms with Gasteiger partial charge in [-0.1, -0.05) is 25.1 Å². The number of nitrogens with zero attached hydrogens (tertiary/aromatic N) is 5. The first-order valence-electron chi connectivity index (χ1n) is 10.3. The maximum Gasteiger partial charge on any atom is 0.410 e. The lowest BCUT2D eigenvalue weighted by atomic mass is 9.90. The van der Waals surface area contributed by atoms with E-state index in [4.69, 9.17) is 9.47 Å². The van der Waals surface area contributed by atoms with Crippen LogP contribution >= 0.6 is 0 Å². The van der Waals surface area contributed by atoms with Crippen LogP contribution < -0.4 is 4.74 Å². The monoisotopic (exact) mass is 413 g/mol. The standard InChI is InChI=1S/C21H27N5O4/c1-17(13-26-16-22-15-23-26)19(27)24-9-7-21(8-10-24)14-25(20(28)30-21)11-12-29-18-5-3-2-4-6-18/h2-6,15-17H,7-14H2,1H3/t17-/m0/s1. The van der Waals surface area contributed by atoms with Crippen LogP contribution in [0.1, 0.15) is 19.8 Å². The Balaban J connectivity index is 1.24. The van der Waals surface area contributed by atoms with E-state index in [2.05, 4.69) is 10.1 Å². The number of hydrogen-bond acceptors (Lipinski definition) is 6. The van der Waals surface area contributed by atoms with Crippen molar-refractivity contribution in [1.82, 2.24) is 24.6 Å². The minimum Gasteiger partial charge on any atom is -0.492 e. The highest BCUT2D eigenvalue weighted by Gasteiger charge is 2.47. The Hall–Kier alpha value is -3.10. The molecule has 0 saturated carbocycles. The summed E-state index contributed by atoms with van der Waals surface area (Å²) in [7, 11) is 0. The highest BCUT2D eigenvalue weighted by atomic mass is 16.6. The Labute approximate surface area is 175 Å². The van der Waals surface area contributed by atoms with Gasteiger partial charge in [-0.2, -0.15) is 5.10 Å². The van der Waals surface area contributed by atoms with Crippen LogP contribution in [-0.2, 0) is 16.1 Å². The number of carbonyl (C=O) groups is 2. The number of likely N-dealkylation sites (tertiary alicyclic amines) is 1. The molecule has 1 atom stereocenters. The molecule has 0 radical (unpaired) electrons. The quantitative estimate of drug-likeness (QED) is 0.688. The number of aromatic nitrogens is 3. The largest absolute Gasteiger partial charge is 0.492 e. The smallest absolute Gasteiger partial charge is 0.410 e. The van der Waals surface area contributed by atoms with Crippen LogP contribution in [-0.4, -0.2) is 75.0 Å². The molecule has 1 aromatic heterocycles. The van der Waals surface area contributed by atoms with Crippen LogP contribution in [0, 0.1) is 5.92 Å². The molecular weight excluding hydrogens is 386 g/mol. The SMILES string of the molecule is C[C@@H](Cn1cncn1)C(=O)N1CCC2(CC1)CN(CCOc1ccccc1)C(=O)O2. The zero-order chi connectivity index (χ0) is 21.0. The molecule has 2 aliphatic rings. The predicted molar refractivity (Wildman–Crippen MR) is 108 cm³/mol. The Morgan fingerprint density at radius 2 is 2.03 bits per heavy atom. The predicted octanol–water partition coefficient (Wildman–Crippen LogP) is 1.81. The van der Waals surface area contributed by atoms with Gasteiger partial charge in [0.25, 0.3) is 0 Å². The summed E-state index contributed by atoms with van der Waals surface area (Å²) in [6, 6.07) is 9.54. The average molecular weight is 413 g/mol. The zero-order valence-electron chi connectivity index (χ0n) is 17.1. The van der Waals surface area contributed by atoms with Crippen molar-refractivity contribution >= 4 is 12.0 Å². The number of hydrogen-bond donors (Lipinski definition) is 0. The molecule has 4 rings (SSSR count). The molecule has 0 aliphatic carbocycles. The summed E-state index contributed by atoms with van der Waals surface area (Å²) in [6.45, 7) is 5.01. The Morgan fingerprint density at radius 3 is 2.73 bits per heavy atom. The van der Waals surface area contributed by atoms with Crippen LogP contribution in [0.4, 0.5) is 4.79 Å². The summed E-state index contributed by atoms with van der Waals surface area (Å²) in [5.41, 5.74) is -0.504. The number of para-hydroxylation sites is 1. The number of carbonyl (C=O) groups excluding carboxylic acids is 2. The molecular formula is C21H27N5O4. The second-order valence-electron chi connectivity index (χ2n) is 7.98. The minimum absolute atomic E-state index is 0.0952. The van der Waals surface area contributed by atoms with Gasteiger partial charge in [0, 0.05) is 25.9 Å². The normalized spacial score (nSPS) is 19.0. The first kappa shape index (κ1) is 20.2. The van der Waals surface area contributed by atoms with Crippen LogP contribution in [0.25, 0.3) is 0 Å². The van der Waals surface area contributed by atoms with Crippen molar-refractivity contribution in [3.8, 4) is 5.75 Å². The van der Waals surface area contributed by atoms with E-state index < -0.39 is 5.60 Å². The Bertz CT molecular complexity index is 850. The minimum atomic E-state index is -0.504. The van der Waals surface area contributed by atoms with Gasteiger partial charge in [0.1, 0.15) is 30.6 Å². The van der Waals surface area contributed by atoms with Gasteiger partial charge in [-0.3, -0.25) is 9.48 Å². The van der Waals surface area contributed by atoms with E-state index in [9.17, 15) is 9.59 Å². The molecule has 9 nitrogen and oxygen atoms in total. The fraction of sp³-hybridized carbons (Fsp3) is 0.524. The van der Waals surface area contributed by atoms with Crippen molar-refractivity contribution in [2.75, 3.05) is 32.8 Å². The second-order valence-corrected chi connectivity index (χ2v) is 7.98. The van der Waals surface area contributed by atoms with E-state index in [0.717, 1.165) is 5.75 Å². The fourth-order valence-electron chi connectivity index (χ4n) is 4.05. The summed E-state index contributed by atoms with van der Waals surface area (Å²) >= 11 is 0. The second kappa shape index (κ2) is 8.73. The molecule has 1 spiro atoms. The van der Waals surface area contributed by atoms with Crippen LogP contribution in [0.5, 0.6) is 5.75 Å². The van der Waals surface area contributed by atoms with Crippen molar-refractivity contribution in [3.63, 3.8) is 0 Å². The molecule has 0 bridgehead atoms. The van der Waals surface area contributed by atoms with Crippen LogP contribution in [0.2, 0.25) is 0 Å². The molecule has 0 unspecified atom stereocenters. The van der Waals surface area contributed by atoms with Gasteiger partial charge in [0.05, 0.1) is 25.6 Å². The van der Waals surface area contributed by atoms with Gasteiger partial charge in [0.15, 0.2) is 0 Å². The summed E-state index contributed by atoms with van der Waals surface area (Å²) in [5, 5.41) is 4.06. The van der Waals surface area contributed by atoms with E-state index in [1.165, 1.54) is 6.33 Å². The lowest BCUT2D eigenvalue weighted by Gasteiger charge is -2.38. The number of rotatable bonds is 7. The van der Waals surface area contributed by atoms with Gasteiger partial charge in [-0.05, 0) is 12.1 Å². The van der Waals surface area contributed by atoms with E-state index in [1.54, 1.807) is 15.9 Å². The molecule has 160 valence electrons. The van der Waals surface area contributed by atoms with Crippen molar-refractivity contribution in [2.24, 2.45) is 5.92 Å². The van der Waals surface area contributed by atoms with Gasteiger partial charge >= 0.3 is 6.09 Å². The topological polar surface area (TPSA) is 89.8 Å². The van der Waals surface area contributed by atoms with Crippen molar-refractivity contribution < 1.29 is 19.1 Å². The fourth-order valence-corrected chi connectivity index (χ4v) is 4.05. The highest BCUT2D eigenvalue weighted by molar-refractivity contribution is 5.78. The molecule has 1 aromatic carbocycles. The maximum absolute atomic E-state index is 12.8. The van der Waals surface area contributed by atoms with Gasteiger partial charge in [-0.25, -0.2) is 9.78 Å². The van der Waals surface area contributed by atoms with Crippen LogP contribution in [0.15, 0.2) is 43.0 Å². The number of ether oxygens (including phenoxy) is 2. The lowest BCUT2D eigenvalue weighted by Crippen LogP contribution is -2.50. The molecule has 30 heavy (non-hydrogen) atoms. The molecule has 2 saturated heterocycles. The van der Waals surface area contributed by atoms with Crippen molar-refractivity contribution in [1.29, 1.82) is 0 Å². The average Bonchev–Trinajstić information content (AvgIpc) is 3.37. The molecule has 9 heteroatoms. The summed E-state index contributed by atoms with van der Waals surface area (Å²) in [4.78, 5) is 32.6. The highest BCUT2D eigenvalue weighted by Crippen LogP contribution is 2.33. The third kappa shape index (κ3) is 4.55. The van der Waals surface area contributed by atoms with Crippen molar-refractivity contribution in [3.05, 3.63) is 43.0 Å². The van der Waals surface area contributed by atoms with Gasteiger partial charge < -0.3 is 19.3 Å². The third-order valence-electron chi connectivity index (χ3n) is 5.75. The van der Waals surface area contributed by atoms with E-state index >= 15 is 0 Å². The van der Waals surface area contributed by atoms with Crippen molar-refractivity contribution in [2.45, 2.75) is 31.9 Å². The lowest BCUT2D eigenvalue weighted by molar-refractivity contribution is -0.138. The number of piperidine rings is 1. The molecule has 3 heterocycles. The Morgan fingerprint density at radius 1 is 1.27 bits per heavy atom. The number of benzene rings is 1. The first-order chi connectivity index (χ1) is 14.5. The van der Waals surface area contributed by atoms with E-state index in [0.29, 0.717) is 52.2 Å². The van der Waals surface area contributed by atoms with Gasteiger partial charge in [-0.15, -0.1) is 0 Å². The molecule has 2 aliphatic heterocycles. The maximum atomic E-state index is 12.8. The van der Waals surface area contributed by atoms with E-state index in [1.807, 2.05) is 42.2 Å². The van der Waals surface area contributed by atoms with Gasteiger partial charge in [0.2, 0.25) is 5.91 Å². The third-order valence-corrected chi connectivity index (χ3v) is 5.75. The molecule has 0 N–H and O–H groups in total.